The molecule has 2 amide bonds. The van der Waals surface area contributed by atoms with Gasteiger partial charge in [-0.25, -0.2) is 0 Å². The van der Waals surface area contributed by atoms with E-state index in [0.717, 1.165) is 23.0 Å². The van der Waals surface area contributed by atoms with E-state index in [0.29, 0.717) is 16.4 Å². The highest BCUT2D eigenvalue weighted by Gasteiger charge is 2.34. The van der Waals surface area contributed by atoms with Gasteiger partial charge in [-0.05, 0) is 47.7 Å². The summed E-state index contributed by atoms with van der Waals surface area (Å²) in [7, 11) is 0. The monoisotopic (exact) mass is 354 g/mol. The number of imide groups is 1. The van der Waals surface area contributed by atoms with E-state index in [1.165, 1.54) is 4.90 Å². The summed E-state index contributed by atoms with van der Waals surface area (Å²) in [6, 6.07) is 14.8. The number of thioether (sulfide) groups is 1. The lowest BCUT2D eigenvalue weighted by molar-refractivity contribution is -0.122. The third kappa shape index (κ3) is 3.18. The van der Waals surface area contributed by atoms with Gasteiger partial charge in [-0.15, -0.1) is 0 Å². The number of nitrogens with zero attached hydrogens (tertiary/aromatic N) is 1. The van der Waals surface area contributed by atoms with Gasteiger partial charge in [-0.1, -0.05) is 24.3 Å². The van der Waals surface area contributed by atoms with E-state index in [1.807, 2.05) is 36.4 Å². The van der Waals surface area contributed by atoms with Gasteiger partial charge in [0.15, 0.2) is 11.5 Å². The van der Waals surface area contributed by atoms with Crippen LogP contribution in [-0.2, 0) is 4.79 Å². The number of benzene rings is 2. The molecule has 2 aromatic rings. The molecule has 6 nitrogen and oxygen atoms in total. The van der Waals surface area contributed by atoms with Crippen molar-refractivity contribution in [1.82, 2.24) is 4.90 Å². The van der Waals surface area contributed by atoms with Gasteiger partial charge in [-0.2, -0.15) is 0 Å². The molecule has 2 aliphatic heterocycles. The number of nitrogens with one attached hydrogen (secondary N) is 1. The minimum Gasteiger partial charge on any atom is -0.454 e. The first-order valence-electron chi connectivity index (χ1n) is 7.65. The lowest BCUT2D eigenvalue weighted by Gasteiger charge is -2.14. The number of hydrogen-bond donors (Lipinski definition) is 1. The van der Waals surface area contributed by atoms with Crippen LogP contribution in [0.25, 0.3) is 6.08 Å². The molecule has 0 bridgehead atoms. The fourth-order valence-corrected chi connectivity index (χ4v) is 3.36. The molecule has 7 heteroatoms. The summed E-state index contributed by atoms with van der Waals surface area (Å²) >= 11 is 0.932. The maximum Gasteiger partial charge on any atom is 0.295 e. The molecular weight excluding hydrogens is 340 g/mol. The number of anilines is 1. The third-order valence-corrected chi connectivity index (χ3v) is 4.69. The van der Waals surface area contributed by atoms with Gasteiger partial charge in [0.1, 0.15) is 0 Å². The summed E-state index contributed by atoms with van der Waals surface area (Å²) < 4.78 is 10.6. The van der Waals surface area contributed by atoms with Crippen LogP contribution in [0.5, 0.6) is 11.5 Å². The first-order valence-corrected chi connectivity index (χ1v) is 8.46. The van der Waals surface area contributed by atoms with Gasteiger partial charge in [0.05, 0.1) is 11.6 Å². The topological polar surface area (TPSA) is 67.9 Å². The van der Waals surface area contributed by atoms with E-state index < -0.39 is 0 Å². The Hall–Kier alpha value is -2.93. The van der Waals surface area contributed by atoms with Crippen molar-refractivity contribution in [2.24, 2.45) is 0 Å². The smallest absolute Gasteiger partial charge is 0.295 e. The molecule has 0 unspecified atom stereocenters. The van der Waals surface area contributed by atoms with Crippen molar-refractivity contribution in [3.05, 3.63) is 59.0 Å². The van der Waals surface area contributed by atoms with Crippen LogP contribution in [0.2, 0.25) is 0 Å². The average molecular weight is 354 g/mol. The number of fused-ring (bicyclic) bond motifs is 1. The Kier molecular flexibility index (Phi) is 4.07. The summed E-state index contributed by atoms with van der Waals surface area (Å²) in [6.45, 7) is 0.327. The van der Waals surface area contributed by atoms with Crippen molar-refractivity contribution >= 4 is 34.7 Å². The lowest BCUT2D eigenvalue weighted by Crippen LogP contribution is -2.33. The van der Waals surface area contributed by atoms with Crippen molar-refractivity contribution < 1.29 is 19.1 Å². The van der Waals surface area contributed by atoms with Gasteiger partial charge in [0, 0.05) is 5.69 Å². The number of hydrogen-bond acceptors (Lipinski definition) is 6. The Balaban J connectivity index is 1.49. The van der Waals surface area contributed by atoms with Gasteiger partial charge in [0.2, 0.25) is 6.79 Å². The Morgan fingerprint density at radius 3 is 2.72 bits per heavy atom. The molecule has 2 aromatic carbocycles. The molecule has 2 heterocycles. The van der Waals surface area contributed by atoms with Crippen LogP contribution in [-0.4, -0.2) is 29.5 Å². The minimum absolute atomic E-state index is 0.132. The molecule has 1 saturated heterocycles. The normalized spacial score (nSPS) is 17.4. The highest BCUT2D eigenvalue weighted by molar-refractivity contribution is 8.18. The number of carbonyl (C=O) groups is 2. The maximum absolute atomic E-state index is 12.5. The molecule has 1 fully saturated rings. The second kappa shape index (κ2) is 6.52. The highest BCUT2D eigenvalue weighted by atomic mass is 32.2. The summed E-state index contributed by atoms with van der Waals surface area (Å²) in [5.74, 6) is 1.01. The molecule has 0 spiro atoms. The fraction of sp³-hybridized carbons (Fsp3) is 0.111. The van der Waals surface area contributed by atoms with Crippen molar-refractivity contribution in [3.8, 4) is 11.5 Å². The van der Waals surface area contributed by atoms with Crippen LogP contribution in [0.3, 0.4) is 0 Å². The van der Waals surface area contributed by atoms with E-state index in [4.69, 9.17) is 9.47 Å². The summed E-state index contributed by atoms with van der Waals surface area (Å²) in [5, 5.41) is 2.78. The zero-order valence-electron chi connectivity index (χ0n) is 13.1. The molecule has 0 aromatic heterocycles. The summed E-state index contributed by atoms with van der Waals surface area (Å²) in [5.41, 5.74) is 1.63. The molecular formula is C18H14N2O4S. The van der Waals surface area contributed by atoms with Crippen molar-refractivity contribution in [3.63, 3.8) is 0 Å². The van der Waals surface area contributed by atoms with Crippen LogP contribution in [0, 0.1) is 0 Å². The molecule has 0 saturated carbocycles. The minimum atomic E-state index is -0.309. The first kappa shape index (κ1) is 15.6. The van der Waals surface area contributed by atoms with Crippen LogP contribution >= 0.6 is 11.8 Å². The van der Waals surface area contributed by atoms with Crippen LogP contribution in [0.4, 0.5) is 10.5 Å². The van der Waals surface area contributed by atoms with Crippen molar-refractivity contribution in [2.75, 3.05) is 18.8 Å². The molecule has 2 aliphatic rings. The van der Waals surface area contributed by atoms with Crippen LogP contribution in [0.15, 0.2) is 53.4 Å². The fourth-order valence-electron chi connectivity index (χ4n) is 2.52. The van der Waals surface area contributed by atoms with Gasteiger partial charge in [0.25, 0.3) is 11.1 Å². The number of amides is 2. The largest absolute Gasteiger partial charge is 0.454 e. The van der Waals surface area contributed by atoms with Gasteiger partial charge < -0.3 is 14.8 Å². The SMILES string of the molecule is O=C1S/C(=C/c2ccc3c(c2)OCO3)C(=O)N1CNc1ccccc1. The number of carbonyl (C=O) groups excluding carboxylic acids is 2. The third-order valence-electron chi connectivity index (χ3n) is 3.78. The number of rotatable bonds is 4. The Bertz CT molecular complexity index is 867. The lowest BCUT2D eigenvalue weighted by atomic mass is 10.2. The molecule has 1 N–H and O–H groups in total. The Morgan fingerprint density at radius 1 is 1.08 bits per heavy atom. The second-order valence-corrected chi connectivity index (χ2v) is 6.42. The predicted octanol–water partition coefficient (Wildman–Crippen LogP) is 3.52. The summed E-state index contributed by atoms with van der Waals surface area (Å²) in [4.78, 5) is 26.2. The highest BCUT2D eigenvalue weighted by Crippen LogP contribution is 2.36. The Morgan fingerprint density at radius 2 is 1.88 bits per heavy atom. The maximum atomic E-state index is 12.5. The van der Waals surface area contributed by atoms with E-state index in [9.17, 15) is 9.59 Å². The average Bonchev–Trinajstić information content (AvgIpc) is 3.19. The zero-order valence-corrected chi connectivity index (χ0v) is 13.9. The van der Waals surface area contributed by atoms with E-state index in [-0.39, 0.29) is 24.6 Å². The molecule has 0 radical (unpaired) electrons. The quantitative estimate of drug-likeness (QED) is 0.848. The standard InChI is InChI=1S/C18H14N2O4S/c21-17-16(9-12-6-7-14-15(8-12)24-11-23-14)25-18(22)20(17)10-19-13-4-2-1-3-5-13/h1-9,19H,10-11H2/b16-9+. The summed E-state index contributed by atoms with van der Waals surface area (Å²) in [6.07, 6.45) is 1.69. The van der Waals surface area contributed by atoms with E-state index in [2.05, 4.69) is 5.32 Å². The number of para-hydroxylation sites is 1. The molecule has 126 valence electrons. The first-order chi connectivity index (χ1) is 12.2. The van der Waals surface area contributed by atoms with Crippen LogP contribution in [0.1, 0.15) is 5.56 Å². The van der Waals surface area contributed by atoms with Gasteiger partial charge >= 0.3 is 0 Å². The predicted molar refractivity (Wildman–Crippen MR) is 95.3 cm³/mol. The molecule has 0 atom stereocenters. The second-order valence-electron chi connectivity index (χ2n) is 5.42. The Labute approximate surface area is 148 Å². The molecule has 0 aliphatic carbocycles. The van der Waals surface area contributed by atoms with E-state index >= 15 is 0 Å². The van der Waals surface area contributed by atoms with Crippen LogP contribution < -0.4 is 14.8 Å². The zero-order chi connectivity index (χ0) is 17.2. The van der Waals surface area contributed by atoms with Crippen molar-refractivity contribution in [1.29, 1.82) is 0 Å². The van der Waals surface area contributed by atoms with Crippen molar-refractivity contribution in [2.45, 2.75) is 0 Å². The molecule has 25 heavy (non-hydrogen) atoms. The van der Waals surface area contributed by atoms with Gasteiger partial charge in [-0.3, -0.25) is 14.5 Å². The number of ether oxygens (including phenoxy) is 2. The molecule has 4 rings (SSSR count). The van der Waals surface area contributed by atoms with E-state index in [1.54, 1.807) is 18.2 Å².